The number of aromatic nitrogens is 1. The fraction of sp³-hybridized carbons (Fsp3) is 0.158. The first-order chi connectivity index (χ1) is 11.6. The van der Waals surface area contributed by atoms with Crippen LogP contribution < -0.4 is 10.1 Å². The van der Waals surface area contributed by atoms with Gasteiger partial charge in [0.1, 0.15) is 5.75 Å². The largest absolute Gasteiger partial charge is 0.496 e. The topological polar surface area (TPSA) is 51.2 Å². The van der Waals surface area contributed by atoms with Crippen molar-refractivity contribution < 1.29 is 9.53 Å². The first kappa shape index (κ1) is 16.2. The second-order valence-corrected chi connectivity index (χ2v) is 6.35. The number of carbonyl (C=O) groups excluding carboxylic acids is 1. The van der Waals surface area contributed by atoms with Crippen LogP contribution in [0.25, 0.3) is 11.3 Å². The molecule has 0 unspecified atom stereocenters. The van der Waals surface area contributed by atoms with E-state index in [9.17, 15) is 4.79 Å². The van der Waals surface area contributed by atoms with Crippen molar-refractivity contribution in [3.8, 4) is 17.0 Å². The molecule has 0 fully saturated rings. The number of ether oxygens (including phenoxy) is 1. The Labute approximate surface area is 145 Å². The van der Waals surface area contributed by atoms with E-state index in [4.69, 9.17) is 4.74 Å². The van der Waals surface area contributed by atoms with Crippen LogP contribution in [-0.4, -0.2) is 18.0 Å². The maximum absolute atomic E-state index is 12.4. The SMILES string of the molecule is COc1ccccc1C(=O)Nc1nc(-c2ccc(C)c(C)c2)cs1. The van der Waals surface area contributed by atoms with Crippen molar-refractivity contribution in [2.75, 3.05) is 12.4 Å². The van der Waals surface area contributed by atoms with Crippen LogP contribution in [0.3, 0.4) is 0 Å². The molecule has 3 rings (SSSR count). The van der Waals surface area contributed by atoms with Gasteiger partial charge in [-0.05, 0) is 43.2 Å². The molecular formula is C19H18N2O2S. The normalized spacial score (nSPS) is 10.5. The molecule has 0 bridgehead atoms. The van der Waals surface area contributed by atoms with Gasteiger partial charge in [-0.1, -0.05) is 24.3 Å². The first-order valence-corrected chi connectivity index (χ1v) is 8.44. The van der Waals surface area contributed by atoms with Crippen LogP contribution in [0.4, 0.5) is 5.13 Å². The molecule has 1 aromatic heterocycles. The average molecular weight is 338 g/mol. The van der Waals surface area contributed by atoms with Crippen molar-refractivity contribution in [3.05, 3.63) is 64.5 Å². The van der Waals surface area contributed by atoms with Crippen LogP contribution >= 0.6 is 11.3 Å². The van der Waals surface area contributed by atoms with Crippen LogP contribution in [0.1, 0.15) is 21.5 Å². The number of para-hydroxylation sites is 1. The molecule has 2 aromatic carbocycles. The Bertz CT molecular complexity index is 887. The van der Waals surface area contributed by atoms with Crippen LogP contribution in [-0.2, 0) is 0 Å². The van der Waals surface area contributed by atoms with Crippen molar-refractivity contribution in [3.63, 3.8) is 0 Å². The molecule has 0 radical (unpaired) electrons. The molecule has 0 saturated heterocycles. The number of nitrogens with zero attached hydrogens (tertiary/aromatic N) is 1. The van der Waals surface area contributed by atoms with Crippen molar-refractivity contribution in [1.29, 1.82) is 0 Å². The summed E-state index contributed by atoms with van der Waals surface area (Å²) in [6.07, 6.45) is 0. The zero-order valence-corrected chi connectivity index (χ0v) is 14.6. The number of hydrogen-bond acceptors (Lipinski definition) is 4. The molecule has 0 saturated carbocycles. The third kappa shape index (κ3) is 3.31. The number of hydrogen-bond donors (Lipinski definition) is 1. The molecule has 5 heteroatoms. The molecule has 0 aliphatic heterocycles. The fourth-order valence-corrected chi connectivity index (χ4v) is 3.08. The van der Waals surface area contributed by atoms with E-state index in [1.807, 2.05) is 17.5 Å². The number of methoxy groups -OCH3 is 1. The lowest BCUT2D eigenvalue weighted by atomic mass is 10.1. The van der Waals surface area contributed by atoms with Crippen molar-refractivity contribution in [2.24, 2.45) is 0 Å². The second kappa shape index (κ2) is 6.84. The quantitative estimate of drug-likeness (QED) is 0.751. The van der Waals surface area contributed by atoms with E-state index in [0.717, 1.165) is 11.3 Å². The number of benzene rings is 2. The smallest absolute Gasteiger partial charge is 0.261 e. The molecule has 122 valence electrons. The minimum Gasteiger partial charge on any atom is -0.496 e. The van der Waals surface area contributed by atoms with Crippen molar-refractivity contribution >= 4 is 22.4 Å². The molecule has 1 N–H and O–H groups in total. The second-order valence-electron chi connectivity index (χ2n) is 5.49. The summed E-state index contributed by atoms with van der Waals surface area (Å²) in [6, 6.07) is 13.4. The number of carbonyl (C=O) groups is 1. The highest BCUT2D eigenvalue weighted by atomic mass is 32.1. The lowest BCUT2D eigenvalue weighted by molar-refractivity contribution is 0.102. The molecule has 1 amide bonds. The monoisotopic (exact) mass is 338 g/mol. The Kier molecular flexibility index (Phi) is 4.62. The van der Waals surface area contributed by atoms with Crippen molar-refractivity contribution in [1.82, 2.24) is 4.98 Å². The lowest BCUT2D eigenvalue weighted by Gasteiger charge is -2.07. The molecule has 1 heterocycles. The van der Waals surface area contributed by atoms with E-state index in [1.54, 1.807) is 25.3 Å². The molecular weight excluding hydrogens is 320 g/mol. The third-order valence-electron chi connectivity index (χ3n) is 3.88. The summed E-state index contributed by atoms with van der Waals surface area (Å²) in [5, 5.41) is 5.35. The maximum atomic E-state index is 12.4. The summed E-state index contributed by atoms with van der Waals surface area (Å²) in [5.41, 5.74) is 4.87. The number of amides is 1. The molecule has 0 aliphatic rings. The molecule has 24 heavy (non-hydrogen) atoms. The number of thiazole rings is 1. The summed E-state index contributed by atoms with van der Waals surface area (Å²) in [4.78, 5) is 16.9. The van der Waals surface area contributed by atoms with Gasteiger partial charge >= 0.3 is 0 Å². The number of nitrogens with one attached hydrogen (secondary N) is 1. The van der Waals surface area contributed by atoms with Crippen molar-refractivity contribution in [2.45, 2.75) is 13.8 Å². The predicted molar refractivity (Wildman–Crippen MR) is 98.0 cm³/mol. The maximum Gasteiger partial charge on any atom is 0.261 e. The molecule has 0 atom stereocenters. The van der Waals surface area contributed by atoms with Crippen LogP contribution in [0.2, 0.25) is 0 Å². The molecule has 0 aliphatic carbocycles. The summed E-state index contributed by atoms with van der Waals surface area (Å²) in [7, 11) is 1.55. The standard InChI is InChI=1S/C19H18N2O2S/c1-12-8-9-14(10-13(12)2)16-11-24-19(20-16)21-18(22)15-6-4-5-7-17(15)23-3/h4-11H,1-3H3,(H,20,21,22). The van der Waals surface area contributed by atoms with E-state index < -0.39 is 0 Å². The highest BCUT2D eigenvalue weighted by Gasteiger charge is 2.14. The van der Waals surface area contributed by atoms with E-state index in [-0.39, 0.29) is 5.91 Å². The lowest BCUT2D eigenvalue weighted by Crippen LogP contribution is -2.12. The highest BCUT2D eigenvalue weighted by Crippen LogP contribution is 2.27. The zero-order valence-electron chi connectivity index (χ0n) is 13.8. The van der Waals surface area contributed by atoms with E-state index in [1.165, 1.54) is 22.5 Å². The first-order valence-electron chi connectivity index (χ1n) is 7.56. The Balaban J connectivity index is 1.81. The number of rotatable bonds is 4. The van der Waals surface area contributed by atoms with Gasteiger partial charge in [0.2, 0.25) is 0 Å². The Morgan fingerprint density at radius 3 is 2.67 bits per heavy atom. The molecule has 4 nitrogen and oxygen atoms in total. The highest BCUT2D eigenvalue weighted by molar-refractivity contribution is 7.14. The van der Waals surface area contributed by atoms with Gasteiger partial charge in [0.25, 0.3) is 5.91 Å². The van der Waals surface area contributed by atoms with Gasteiger partial charge in [0, 0.05) is 10.9 Å². The predicted octanol–water partition coefficient (Wildman–Crippen LogP) is 4.69. The van der Waals surface area contributed by atoms with E-state index in [0.29, 0.717) is 16.4 Å². The van der Waals surface area contributed by atoms with Gasteiger partial charge < -0.3 is 4.74 Å². The minimum absolute atomic E-state index is 0.228. The Hall–Kier alpha value is -2.66. The Morgan fingerprint density at radius 1 is 1.12 bits per heavy atom. The Morgan fingerprint density at radius 2 is 1.92 bits per heavy atom. The van der Waals surface area contributed by atoms with Gasteiger partial charge in [-0.25, -0.2) is 4.98 Å². The van der Waals surface area contributed by atoms with Gasteiger partial charge in [0.05, 0.1) is 18.4 Å². The average Bonchev–Trinajstić information content (AvgIpc) is 3.05. The van der Waals surface area contributed by atoms with E-state index in [2.05, 4.69) is 36.3 Å². The van der Waals surface area contributed by atoms with Crippen LogP contribution in [0.5, 0.6) is 5.75 Å². The minimum atomic E-state index is -0.228. The van der Waals surface area contributed by atoms with Crippen LogP contribution in [0.15, 0.2) is 47.8 Å². The summed E-state index contributed by atoms with van der Waals surface area (Å²) >= 11 is 1.41. The number of aryl methyl sites for hydroxylation is 2. The van der Waals surface area contributed by atoms with Gasteiger partial charge in [0.15, 0.2) is 5.13 Å². The number of anilines is 1. The summed E-state index contributed by atoms with van der Waals surface area (Å²) in [5.74, 6) is 0.314. The van der Waals surface area contributed by atoms with Crippen LogP contribution in [0, 0.1) is 13.8 Å². The van der Waals surface area contributed by atoms with E-state index >= 15 is 0 Å². The van der Waals surface area contributed by atoms with Gasteiger partial charge in [-0.3, -0.25) is 10.1 Å². The fourth-order valence-electron chi connectivity index (χ4n) is 2.36. The molecule has 0 spiro atoms. The third-order valence-corrected chi connectivity index (χ3v) is 4.64. The zero-order chi connectivity index (χ0) is 17.1. The summed E-state index contributed by atoms with van der Waals surface area (Å²) in [6.45, 7) is 4.16. The van der Waals surface area contributed by atoms with Gasteiger partial charge in [-0.2, -0.15) is 0 Å². The van der Waals surface area contributed by atoms with Gasteiger partial charge in [-0.15, -0.1) is 11.3 Å². The molecule has 3 aromatic rings. The summed E-state index contributed by atoms with van der Waals surface area (Å²) < 4.78 is 5.23.